The van der Waals surface area contributed by atoms with E-state index in [0.717, 1.165) is 23.1 Å². The average molecular weight is 461 g/mol. The van der Waals surface area contributed by atoms with Crippen LogP contribution in [0.15, 0.2) is 78.9 Å². The Hall–Kier alpha value is -3.47. The Morgan fingerprint density at radius 1 is 0.941 bits per heavy atom. The number of nitrogens with one attached hydrogen (secondary N) is 1. The second-order valence-electron chi connectivity index (χ2n) is 8.80. The van der Waals surface area contributed by atoms with Crippen molar-refractivity contribution in [3.8, 4) is 0 Å². The van der Waals surface area contributed by atoms with E-state index in [1.807, 2.05) is 75.4 Å². The molecule has 4 nitrogen and oxygen atoms in total. The van der Waals surface area contributed by atoms with Crippen LogP contribution >= 0.6 is 0 Å². The zero-order valence-corrected chi connectivity index (χ0v) is 20.1. The highest BCUT2D eigenvalue weighted by molar-refractivity contribution is 5.89. The van der Waals surface area contributed by atoms with Gasteiger partial charge in [-0.25, -0.2) is 4.39 Å². The number of carbonyl (C=O) groups is 2. The van der Waals surface area contributed by atoms with Crippen molar-refractivity contribution < 1.29 is 14.0 Å². The molecule has 0 radical (unpaired) electrons. The number of hydrogen-bond acceptors (Lipinski definition) is 2. The van der Waals surface area contributed by atoms with Crippen LogP contribution in [0.3, 0.4) is 0 Å². The maximum Gasteiger partial charge on any atom is 0.243 e. The van der Waals surface area contributed by atoms with Crippen molar-refractivity contribution in [2.45, 2.75) is 58.7 Å². The van der Waals surface area contributed by atoms with Gasteiger partial charge < -0.3 is 10.2 Å². The lowest BCUT2D eigenvalue weighted by Gasteiger charge is -2.32. The molecular weight excluding hydrogens is 427 g/mol. The molecule has 0 aliphatic carbocycles. The van der Waals surface area contributed by atoms with Crippen molar-refractivity contribution in [3.63, 3.8) is 0 Å². The molecule has 3 aromatic carbocycles. The van der Waals surface area contributed by atoms with E-state index >= 15 is 0 Å². The van der Waals surface area contributed by atoms with Crippen LogP contribution in [0, 0.1) is 12.7 Å². The molecule has 0 bridgehead atoms. The quantitative estimate of drug-likeness (QED) is 0.450. The summed E-state index contributed by atoms with van der Waals surface area (Å²) in [6.07, 6.45) is 1.04. The van der Waals surface area contributed by atoms with Gasteiger partial charge in [0.25, 0.3) is 0 Å². The summed E-state index contributed by atoms with van der Waals surface area (Å²) in [5.74, 6) is -0.908. The summed E-state index contributed by atoms with van der Waals surface area (Å²) in [7, 11) is 0. The highest BCUT2D eigenvalue weighted by Crippen LogP contribution is 2.18. The minimum Gasteiger partial charge on any atom is -0.352 e. The van der Waals surface area contributed by atoms with Gasteiger partial charge in [-0.2, -0.15) is 0 Å². The molecule has 0 aliphatic rings. The van der Waals surface area contributed by atoms with E-state index in [4.69, 9.17) is 0 Å². The van der Waals surface area contributed by atoms with Gasteiger partial charge in [0.2, 0.25) is 11.8 Å². The van der Waals surface area contributed by atoms with Gasteiger partial charge >= 0.3 is 0 Å². The Labute approximate surface area is 201 Å². The number of halogens is 1. The van der Waals surface area contributed by atoms with Crippen LogP contribution in [-0.2, 0) is 29.0 Å². The number of benzene rings is 3. The maximum absolute atomic E-state index is 14.4. The summed E-state index contributed by atoms with van der Waals surface area (Å²) in [6, 6.07) is 23.1. The van der Waals surface area contributed by atoms with Crippen molar-refractivity contribution in [2.24, 2.45) is 0 Å². The first-order valence-electron chi connectivity index (χ1n) is 11.8. The first-order valence-corrected chi connectivity index (χ1v) is 11.8. The van der Waals surface area contributed by atoms with Crippen LogP contribution in [0.4, 0.5) is 4.39 Å². The lowest BCUT2D eigenvalue weighted by molar-refractivity contribution is -0.141. The molecule has 0 saturated carbocycles. The average Bonchev–Trinajstić information content (AvgIpc) is 2.83. The Bertz CT molecular complexity index is 1100. The number of carbonyl (C=O) groups excluding carboxylic acids is 2. The summed E-state index contributed by atoms with van der Waals surface area (Å²) in [5, 5.41) is 3.05. The standard InChI is InChI=1S/C29H33FN2O2/c1-4-22(3)31-29(34)27(18-23-12-6-5-7-13-23)32(20-24-14-10-11-21(2)17-24)28(33)19-25-15-8-9-16-26(25)30/h5-17,22,27H,4,18-20H2,1-3H3,(H,31,34)/t22-,27-/m0/s1. The molecule has 0 spiro atoms. The number of rotatable bonds is 10. The minimum atomic E-state index is -0.726. The number of amides is 2. The fourth-order valence-electron chi connectivity index (χ4n) is 3.91. The molecule has 0 aliphatic heterocycles. The highest BCUT2D eigenvalue weighted by Gasteiger charge is 2.31. The smallest absolute Gasteiger partial charge is 0.243 e. The first kappa shape index (κ1) is 25.2. The van der Waals surface area contributed by atoms with Gasteiger partial charge in [-0.05, 0) is 43.0 Å². The van der Waals surface area contributed by atoms with Gasteiger partial charge in [-0.15, -0.1) is 0 Å². The van der Waals surface area contributed by atoms with E-state index in [1.54, 1.807) is 23.1 Å². The van der Waals surface area contributed by atoms with E-state index in [0.29, 0.717) is 12.0 Å². The molecule has 3 rings (SSSR count). The van der Waals surface area contributed by atoms with E-state index in [2.05, 4.69) is 5.32 Å². The fourth-order valence-corrected chi connectivity index (χ4v) is 3.91. The molecule has 0 fully saturated rings. The summed E-state index contributed by atoms with van der Waals surface area (Å²) >= 11 is 0. The molecule has 2 amide bonds. The van der Waals surface area contributed by atoms with E-state index < -0.39 is 11.9 Å². The lowest BCUT2D eigenvalue weighted by atomic mass is 10.0. The molecular formula is C29H33FN2O2. The third kappa shape index (κ3) is 7.01. The van der Waals surface area contributed by atoms with Crippen LogP contribution < -0.4 is 5.32 Å². The Morgan fingerprint density at radius 3 is 2.29 bits per heavy atom. The molecule has 2 atom stereocenters. The van der Waals surface area contributed by atoms with Crippen molar-refractivity contribution >= 4 is 11.8 Å². The van der Waals surface area contributed by atoms with Crippen LogP contribution in [-0.4, -0.2) is 28.8 Å². The Kier molecular flexibility index (Phi) is 8.97. The predicted octanol–water partition coefficient (Wildman–Crippen LogP) is 5.23. The zero-order valence-electron chi connectivity index (χ0n) is 20.1. The van der Waals surface area contributed by atoms with E-state index in [9.17, 15) is 14.0 Å². The Morgan fingerprint density at radius 2 is 1.62 bits per heavy atom. The monoisotopic (exact) mass is 460 g/mol. The summed E-state index contributed by atoms with van der Waals surface area (Å²) in [5.41, 5.74) is 3.28. The normalized spacial score (nSPS) is 12.6. The van der Waals surface area contributed by atoms with Gasteiger partial charge in [0.1, 0.15) is 11.9 Å². The topological polar surface area (TPSA) is 49.4 Å². The van der Waals surface area contributed by atoms with Gasteiger partial charge in [-0.3, -0.25) is 9.59 Å². The van der Waals surface area contributed by atoms with Crippen LogP contribution in [0.5, 0.6) is 0 Å². The molecule has 3 aromatic rings. The molecule has 178 valence electrons. The molecule has 0 aromatic heterocycles. The number of aryl methyl sites for hydroxylation is 1. The number of nitrogens with zero attached hydrogens (tertiary/aromatic N) is 1. The lowest BCUT2D eigenvalue weighted by Crippen LogP contribution is -2.52. The maximum atomic E-state index is 14.4. The Balaban J connectivity index is 1.98. The molecule has 0 heterocycles. The summed E-state index contributed by atoms with van der Waals surface area (Å²) in [4.78, 5) is 28.7. The van der Waals surface area contributed by atoms with Gasteiger partial charge in [-0.1, -0.05) is 85.3 Å². The second kappa shape index (κ2) is 12.1. The largest absolute Gasteiger partial charge is 0.352 e. The molecule has 1 N–H and O–H groups in total. The zero-order chi connectivity index (χ0) is 24.5. The summed E-state index contributed by atoms with van der Waals surface area (Å²) < 4.78 is 14.4. The summed E-state index contributed by atoms with van der Waals surface area (Å²) in [6.45, 7) is 6.21. The van der Waals surface area contributed by atoms with Crippen LogP contribution in [0.25, 0.3) is 0 Å². The minimum absolute atomic E-state index is 0.0201. The van der Waals surface area contributed by atoms with Gasteiger partial charge in [0, 0.05) is 19.0 Å². The fraction of sp³-hybridized carbons (Fsp3) is 0.310. The molecule has 0 saturated heterocycles. The molecule has 0 unspecified atom stereocenters. The van der Waals surface area contributed by atoms with Crippen molar-refractivity contribution in [1.82, 2.24) is 10.2 Å². The molecule has 5 heteroatoms. The SMILES string of the molecule is CC[C@H](C)NC(=O)[C@H](Cc1ccccc1)N(Cc1cccc(C)c1)C(=O)Cc1ccccc1F. The van der Waals surface area contributed by atoms with E-state index in [-0.39, 0.29) is 30.8 Å². The van der Waals surface area contributed by atoms with Crippen molar-refractivity contribution in [2.75, 3.05) is 0 Å². The third-order valence-corrected chi connectivity index (χ3v) is 6.01. The number of hydrogen-bond donors (Lipinski definition) is 1. The second-order valence-corrected chi connectivity index (χ2v) is 8.80. The highest BCUT2D eigenvalue weighted by atomic mass is 19.1. The van der Waals surface area contributed by atoms with Crippen molar-refractivity contribution in [1.29, 1.82) is 0 Å². The predicted molar refractivity (Wildman–Crippen MR) is 134 cm³/mol. The first-order chi connectivity index (χ1) is 16.4. The van der Waals surface area contributed by atoms with Gasteiger partial charge in [0.05, 0.1) is 6.42 Å². The van der Waals surface area contributed by atoms with Crippen LogP contribution in [0.2, 0.25) is 0 Å². The van der Waals surface area contributed by atoms with E-state index in [1.165, 1.54) is 6.07 Å². The third-order valence-electron chi connectivity index (χ3n) is 6.01. The van der Waals surface area contributed by atoms with Crippen LogP contribution in [0.1, 0.15) is 42.5 Å². The van der Waals surface area contributed by atoms with Gasteiger partial charge in [0.15, 0.2) is 0 Å². The molecule has 34 heavy (non-hydrogen) atoms. The van der Waals surface area contributed by atoms with Crippen molar-refractivity contribution in [3.05, 3.63) is 107 Å².